The van der Waals surface area contributed by atoms with Crippen molar-refractivity contribution in [1.29, 1.82) is 0 Å². The van der Waals surface area contributed by atoms with E-state index in [4.69, 9.17) is 35.4 Å². The summed E-state index contributed by atoms with van der Waals surface area (Å²) >= 11 is 17.7. The Hall–Kier alpha value is -0.510. The number of nitrogens with one attached hydrogen (secondary N) is 2. The van der Waals surface area contributed by atoms with Gasteiger partial charge in [0.25, 0.3) is 0 Å². The number of benzene rings is 1. The van der Waals surface area contributed by atoms with Crippen LogP contribution in [0.3, 0.4) is 0 Å². The molecule has 1 rings (SSSR count). The van der Waals surface area contributed by atoms with Crippen molar-refractivity contribution in [2.24, 2.45) is 5.41 Å². The molecule has 0 spiro atoms. The van der Waals surface area contributed by atoms with Crippen LogP contribution in [0.25, 0.3) is 0 Å². The van der Waals surface area contributed by atoms with Crippen LogP contribution in [-0.2, 0) is 6.42 Å². The molecule has 2 nitrogen and oxygen atoms in total. The van der Waals surface area contributed by atoms with Gasteiger partial charge in [-0.25, -0.2) is 0 Å². The van der Waals surface area contributed by atoms with Crippen molar-refractivity contribution in [3.63, 3.8) is 0 Å². The summed E-state index contributed by atoms with van der Waals surface area (Å²) < 4.78 is 0. The first-order valence-corrected chi connectivity index (χ1v) is 8.65. The number of rotatable bonds is 5. The highest BCUT2D eigenvalue weighted by atomic mass is 35.5. The molecule has 0 atom stereocenters. The van der Waals surface area contributed by atoms with Gasteiger partial charge in [-0.1, -0.05) is 50.0 Å². The molecule has 0 aromatic heterocycles. The Morgan fingerprint density at radius 2 is 1.64 bits per heavy atom. The van der Waals surface area contributed by atoms with Gasteiger partial charge in [0.1, 0.15) is 0 Å². The molecule has 0 amide bonds. The van der Waals surface area contributed by atoms with E-state index in [1.807, 2.05) is 18.2 Å². The molecule has 0 aliphatic heterocycles. The Balaban J connectivity index is 2.47. The Bertz CT molecular complexity index is 502. The maximum absolute atomic E-state index is 6.16. The Morgan fingerprint density at radius 3 is 2.14 bits per heavy atom. The first-order valence-electron chi connectivity index (χ1n) is 7.49. The highest BCUT2D eigenvalue weighted by Gasteiger charge is 2.25. The van der Waals surface area contributed by atoms with E-state index in [0.29, 0.717) is 21.7 Å². The van der Waals surface area contributed by atoms with Gasteiger partial charge in [-0.05, 0) is 62.0 Å². The third-order valence-electron chi connectivity index (χ3n) is 3.15. The molecular formula is C17H26Cl2N2S. The molecule has 0 saturated carbocycles. The summed E-state index contributed by atoms with van der Waals surface area (Å²) in [6.45, 7) is 11.7. The maximum atomic E-state index is 6.16. The van der Waals surface area contributed by atoms with E-state index in [1.165, 1.54) is 0 Å². The lowest BCUT2D eigenvalue weighted by molar-refractivity contribution is 0.266. The zero-order valence-electron chi connectivity index (χ0n) is 14.0. The second kappa shape index (κ2) is 7.85. The van der Waals surface area contributed by atoms with Crippen molar-refractivity contribution < 1.29 is 0 Å². The minimum Gasteiger partial charge on any atom is -0.362 e. The van der Waals surface area contributed by atoms with Crippen LogP contribution in [0.5, 0.6) is 0 Å². The van der Waals surface area contributed by atoms with Gasteiger partial charge in [-0.15, -0.1) is 0 Å². The molecule has 0 fully saturated rings. The fourth-order valence-corrected chi connectivity index (χ4v) is 3.76. The van der Waals surface area contributed by atoms with E-state index in [1.54, 1.807) is 0 Å². The summed E-state index contributed by atoms with van der Waals surface area (Å²) in [6.07, 6.45) is 1.76. The van der Waals surface area contributed by atoms with Crippen LogP contribution in [0.1, 0.15) is 46.6 Å². The number of hydrogen-bond acceptors (Lipinski definition) is 1. The summed E-state index contributed by atoms with van der Waals surface area (Å²) in [7, 11) is 0. The molecule has 1 aromatic rings. The largest absolute Gasteiger partial charge is 0.362 e. The van der Waals surface area contributed by atoms with E-state index in [2.05, 4.69) is 45.3 Å². The van der Waals surface area contributed by atoms with Gasteiger partial charge in [0, 0.05) is 22.1 Å². The Labute approximate surface area is 150 Å². The average Bonchev–Trinajstić information content (AvgIpc) is 2.28. The van der Waals surface area contributed by atoms with Crippen molar-refractivity contribution in [3.8, 4) is 0 Å². The fraction of sp³-hybridized carbons (Fsp3) is 0.588. The van der Waals surface area contributed by atoms with Gasteiger partial charge >= 0.3 is 0 Å². The van der Waals surface area contributed by atoms with Crippen LogP contribution in [0, 0.1) is 5.41 Å². The van der Waals surface area contributed by atoms with Crippen LogP contribution in [0.2, 0.25) is 10.0 Å². The van der Waals surface area contributed by atoms with Crippen molar-refractivity contribution in [2.75, 3.05) is 6.54 Å². The molecule has 22 heavy (non-hydrogen) atoms. The third kappa shape index (κ3) is 7.17. The van der Waals surface area contributed by atoms with Gasteiger partial charge < -0.3 is 10.6 Å². The molecular weight excluding hydrogens is 335 g/mol. The van der Waals surface area contributed by atoms with Crippen LogP contribution in [0.4, 0.5) is 0 Å². The van der Waals surface area contributed by atoms with Gasteiger partial charge in [-0.3, -0.25) is 0 Å². The molecule has 0 bridgehead atoms. The van der Waals surface area contributed by atoms with E-state index < -0.39 is 0 Å². The van der Waals surface area contributed by atoms with Gasteiger partial charge in [-0.2, -0.15) is 0 Å². The molecule has 124 valence electrons. The highest BCUT2D eigenvalue weighted by Crippen LogP contribution is 2.27. The summed E-state index contributed by atoms with van der Waals surface area (Å²) in [6, 6.07) is 5.56. The molecule has 1 aromatic carbocycles. The Kier molecular flexibility index (Phi) is 6.97. The molecule has 5 heteroatoms. The first kappa shape index (κ1) is 19.5. The lowest BCUT2D eigenvalue weighted by atomic mass is 9.82. The lowest BCUT2D eigenvalue weighted by Gasteiger charge is -2.34. The Morgan fingerprint density at radius 1 is 1.09 bits per heavy atom. The minimum absolute atomic E-state index is 0.0512. The average molecular weight is 361 g/mol. The summed E-state index contributed by atoms with van der Waals surface area (Å²) in [5, 5.41) is 8.67. The topological polar surface area (TPSA) is 24.1 Å². The maximum Gasteiger partial charge on any atom is 0.166 e. The van der Waals surface area contributed by atoms with Crippen molar-refractivity contribution in [3.05, 3.63) is 33.8 Å². The van der Waals surface area contributed by atoms with Gasteiger partial charge in [0.05, 0.1) is 0 Å². The fourth-order valence-electron chi connectivity index (χ4n) is 2.79. The van der Waals surface area contributed by atoms with Crippen LogP contribution < -0.4 is 10.6 Å². The smallest absolute Gasteiger partial charge is 0.166 e. The molecule has 2 N–H and O–H groups in total. The van der Waals surface area contributed by atoms with Gasteiger partial charge in [0.2, 0.25) is 0 Å². The number of thiocarbonyl (C=S) groups is 1. The summed E-state index contributed by atoms with van der Waals surface area (Å²) in [4.78, 5) is 0. The lowest BCUT2D eigenvalue weighted by Crippen LogP contribution is -2.50. The second-order valence-electron chi connectivity index (χ2n) is 7.45. The SMILES string of the molecule is CC(C)(C)CC(C)(C)NC(=S)NCCc1c(Cl)cccc1Cl. The van der Waals surface area contributed by atoms with Crippen molar-refractivity contribution >= 4 is 40.5 Å². The van der Waals surface area contributed by atoms with Gasteiger partial charge in [0.15, 0.2) is 5.11 Å². The predicted octanol–water partition coefficient (Wildman–Crippen LogP) is 5.21. The summed E-state index contributed by atoms with van der Waals surface area (Å²) in [5.41, 5.74) is 1.15. The van der Waals surface area contributed by atoms with Crippen LogP contribution in [-0.4, -0.2) is 17.2 Å². The third-order valence-corrected chi connectivity index (χ3v) is 4.10. The highest BCUT2D eigenvalue weighted by molar-refractivity contribution is 7.80. The molecule has 0 unspecified atom stereocenters. The zero-order chi connectivity index (χ0) is 17.0. The monoisotopic (exact) mass is 360 g/mol. The number of hydrogen-bond donors (Lipinski definition) is 2. The minimum atomic E-state index is -0.0512. The van der Waals surface area contributed by atoms with E-state index in [0.717, 1.165) is 18.4 Å². The molecule has 0 saturated heterocycles. The molecule has 0 heterocycles. The van der Waals surface area contributed by atoms with Crippen LogP contribution >= 0.6 is 35.4 Å². The molecule has 0 aliphatic rings. The first-order chi connectivity index (χ1) is 10.0. The van der Waals surface area contributed by atoms with Crippen molar-refractivity contribution in [1.82, 2.24) is 10.6 Å². The van der Waals surface area contributed by atoms with Crippen molar-refractivity contribution in [2.45, 2.75) is 53.0 Å². The quantitative estimate of drug-likeness (QED) is 0.704. The normalized spacial score (nSPS) is 12.1. The predicted molar refractivity (Wildman–Crippen MR) is 102 cm³/mol. The van der Waals surface area contributed by atoms with Crippen LogP contribution in [0.15, 0.2) is 18.2 Å². The zero-order valence-corrected chi connectivity index (χ0v) is 16.3. The molecule has 0 aliphatic carbocycles. The summed E-state index contributed by atoms with van der Waals surface area (Å²) in [5.74, 6) is 0. The van der Waals surface area contributed by atoms with E-state index in [9.17, 15) is 0 Å². The second-order valence-corrected chi connectivity index (χ2v) is 8.68. The van der Waals surface area contributed by atoms with E-state index in [-0.39, 0.29) is 11.0 Å². The molecule has 0 radical (unpaired) electrons. The number of halogens is 2. The standard InChI is InChI=1S/C17H26Cl2N2S/c1-16(2,3)11-17(4,5)21-15(22)20-10-9-12-13(18)7-6-8-14(12)19/h6-8H,9-11H2,1-5H3,(H2,20,21,22). The van der Waals surface area contributed by atoms with E-state index >= 15 is 0 Å².